The maximum atomic E-state index is 5.87. The molecule has 148 valence electrons. The number of methoxy groups -OCH3 is 2. The van der Waals surface area contributed by atoms with Gasteiger partial charge in [0.15, 0.2) is 0 Å². The van der Waals surface area contributed by atoms with Gasteiger partial charge in [0, 0.05) is 17.6 Å². The van der Waals surface area contributed by atoms with E-state index in [1.807, 2.05) is 36.2 Å². The van der Waals surface area contributed by atoms with Crippen LogP contribution in [-0.2, 0) is 6.54 Å². The van der Waals surface area contributed by atoms with Crippen LogP contribution in [0.2, 0.25) is 5.02 Å². The van der Waals surface area contributed by atoms with Crippen molar-refractivity contribution in [3.63, 3.8) is 0 Å². The van der Waals surface area contributed by atoms with Crippen molar-refractivity contribution in [3.8, 4) is 28.6 Å². The molecular weight excluding hydrogens is 382 g/mol. The molecule has 0 radical (unpaired) electrons. The summed E-state index contributed by atoms with van der Waals surface area (Å²) in [4.78, 5) is 6.50. The predicted molar refractivity (Wildman–Crippen MR) is 106 cm³/mol. The molecule has 28 heavy (non-hydrogen) atoms. The average molecular weight is 404 g/mol. The Labute approximate surface area is 168 Å². The fraction of sp³-hybridized carbons (Fsp3) is 0.300. The van der Waals surface area contributed by atoms with Crippen LogP contribution in [-0.4, -0.2) is 49.5 Å². The summed E-state index contributed by atoms with van der Waals surface area (Å²) in [5.41, 5.74) is 0.743. The molecule has 0 fully saturated rings. The van der Waals surface area contributed by atoms with Crippen LogP contribution in [0.5, 0.6) is 17.2 Å². The van der Waals surface area contributed by atoms with Gasteiger partial charge in [-0.3, -0.25) is 4.90 Å². The third kappa shape index (κ3) is 5.15. The average Bonchev–Trinajstić information content (AvgIpc) is 3.17. The Morgan fingerprint density at radius 3 is 2.50 bits per heavy atom. The van der Waals surface area contributed by atoms with E-state index in [1.54, 1.807) is 32.4 Å². The Hall–Kier alpha value is -2.77. The lowest BCUT2D eigenvalue weighted by atomic mass is 10.2. The summed E-state index contributed by atoms with van der Waals surface area (Å²) in [5.74, 6) is 3.09. The predicted octanol–water partition coefficient (Wildman–Crippen LogP) is 3.92. The second kappa shape index (κ2) is 9.43. The highest BCUT2D eigenvalue weighted by Crippen LogP contribution is 2.31. The second-order valence-corrected chi connectivity index (χ2v) is 6.55. The number of rotatable bonds is 9. The van der Waals surface area contributed by atoms with Gasteiger partial charge in [0.25, 0.3) is 0 Å². The lowest BCUT2D eigenvalue weighted by Crippen LogP contribution is -2.24. The topological polar surface area (TPSA) is 69.9 Å². The van der Waals surface area contributed by atoms with Gasteiger partial charge in [0.2, 0.25) is 11.7 Å². The minimum Gasteiger partial charge on any atom is -0.497 e. The lowest BCUT2D eigenvalue weighted by molar-refractivity contribution is 0.213. The van der Waals surface area contributed by atoms with E-state index in [9.17, 15) is 0 Å². The van der Waals surface area contributed by atoms with Crippen molar-refractivity contribution in [2.75, 3.05) is 34.4 Å². The van der Waals surface area contributed by atoms with Crippen LogP contribution in [0.3, 0.4) is 0 Å². The van der Waals surface area contributed by atoms with Gasteiger partial charge in [-0.2, -0.15) is 4.98 Å². The summed E-state index contributed by atoms with van der Waals surface area (Å²) in [6.45, 7) is 1.74. The van der Waals surface area contributed by atoms with Gasteiger partial charge < -0.3 is 18.7 Å². The molecule has 2 aromatic carbocycles. The summed E-state index contributed by atoms with van der Waals surface area (Å²) in [6, 6.07) is 12.7. The Balaban J connectivity index is 1.56. The molecule has 0 unspecified atom stereocenters. The van der Waals surface area contributed by atoms with Crippen molar-refractivity contribution >= 4 is 11.6 Å². The number of benzene rings is 2. The zero-order chi connectivity index (χ0) is 19.9. The molecule has 0 bridgehead atoms. The molecule has 0 atom stereocenters. The highest BCUT2D eigenvalue weighted by atomic mass is 35.5. The molecule has 1 heterocycles. The Kier molecular flexibility index (Phi) is 6.73. The molecule has 0 N–H and O–H groups in total. The first kappa shape index (κ1) is 20.0. The van der Waals surface area contributed by atoms with Gasteiger partial charge in [0.05, 0.1) is 26.3 Å². The van der Waals surface area contributed by atoms with E-state index in [0.717, 1.165) is 11.3 Å². The van der Waals surface area contributed by atoms with Crippen molar-refractivity contribution in [1.29, 1.82) is 0 Å². The molecule has 0 aliphatic carbocycles. The number of likely N-dealkylation sites (N-methyl/N-ethyl adjacent to an activating group) is 1. The van der Waals surface area contributed by atoms with Crippen LogP contribution in [0.1, 0.15) is 5.89 Å². The molecule has 0 saturated heterocycles. The number of halogens is 1. The van der Waals surface area contributed by atoms with E-state index in [0.29, 0.717) is 47.9 Å². The van der Waals surface area contributed by atoms with Crippen molar-refractivity contribution < 1.29 is 18.7 Å². The molecule has 3 rings (SSSR count). The lowest BCUT2D eigenvalue weighted by Gasteiger charge is -2.14. The zero-order valence-electron chi connectivity index (χ0n) is 16.0. The highest BCUT2D eigenvalue weighted by molar-refractivity contribution is 6.30. The van der Waals surface area contributed by atoms with E-state index in [4.69, 9.17) is 30.3 Å². The number of ether oxygens (including phenoxy) is 3. The van der Waals surface area contributed by atoms with E-state index in [2.05, 4.69) is 10.1 Å². The van der Waals surface area contributed by atoms with Gasteiger partial charge in [-0.05, 0) is 43.4 Å². The summed E-state index contributed by atoms with van der Waals surface area (Å²) < 4.78 is 21.7. The van der Waals surface area contributed by atoms with E-state index in [1.165, 1.54) is 0 Å². The first-order valence-electron chi connectivity index (χ1n) is 8.71. The monoisotopic (exact) mass is 403 g/mol. The summed E-state index contributed by atoms with van der Waals surface area (Å²) in [5, 5.41) is 4.75. The van der Waals surface area contributed by atoms with Crippen molar-refractivity contribution in [2.45, 2.75) is 6.54 Å². The molecule has 1 aromatic heterocycles. The second-order valence-electron chi connectivity index (χ2n) is 6.12. The highest BCUT2D eigenvalue weighted by Gasteiger charge is 2.15. The van der Waals surface area contributed by atoms with Gasteiger partial charge in [-0.25, -0.2) is 0 Å². The van der Waals surface area contributed by atoms with Crippen LogP contribution in [0.25, 0.3) is 11.4 Å². The van der Waals surface area contributed by atoms with Crippen LogP contribution < -0.4 is 14.2 Å². The quantitative estimate of drug-likeness (QED) is 0.536. The normalized spacial score (nSPS) is 10.9. The number of hydrogen-bond donors (Lipinski definition) is 0. The van der Waals surface area contributed by atoms with Crippen molar-refractivity contribution in [2.24, 2.45) is 0 Å². The minimum atomic E-state index is 0.473. The molecule has 0 saturated carbocycles. The summed E-state index contributed by atoms with van der Waals surface area (Å²) in [6.07, 6.45) is 0. The molecular formula is C20H22ClN3O4. The number of hydrogen-bond acceptors (Lipinski definition) is 7. The van der Waals surface area contributed by atoms with E-state index in [-0.39, 0.29) is 0 Å². The van der Waals surface area contributed by atoms with Crippen LogP contribution in [0, 0.1) is 0 Å². The first-order valence-corrected chi connectivity index (χ1v) is 9.08. The molecule has 0 spiro atoms. The van der Waals surface area contributed by atoms with E-state index >= 15 is 0 Å². The summed E-state index contributed by atoms with van der Waals surface area (Å²) >= 11 is 5.87. The Bertz CT molecular complexity index is 899. The zero-order valence-corrected chi connectivity index (χ0v) is 16.8. The first-order chi connectivity index (χ1) is 13.6. The van der Waals surface area contributed by atoms with Crippen molar-refractivity contribution in [3.05, 3.63) is 53.4 Å². The third-order valence-corrected chi connectivity index (χ3v) is 4.33. The third-order valence-electron chi connectivity index (χ3n) is 4.08. The molecule has 8 heteroatoms. The molecule has 7 nitrogen and oxygen atoms in total. The number of nitrogens with zero attached hydrogens (tertiary/aromatic N) is 3. The smallest absolute Gasteiger partial charge is 0.241 e. The largest absolute Gasteiger partial charge is 0.497 e. The maximum Gasteiger partial charge on any atom is 0.241 e. The van der Waals surface area contributed by atoms with Gasteiger partial charge >= 0.3 is 0 Å². The Morgan fingerprint density at radius 2 is 1.79 bits per heavy atom. The molecule has 0 amide bonds. The van der Waals surface area contributed by atoms with Crippen molar-refractivity contribution in [1.82, 2.24) is 15.0 Å². The minimum absolute atomic E-state index is 0.473. The fourth-order valence-electron chi connectivity index (χ4n) is 2.57. The maximum absolute atomic E-state index is 5.87. The van der Waals surface area contributed by atoms with Crippen LogP contribution >= 0.6 is 11.6 Å². The Morgan fingerprint density at radius 1 is 1.04 bits per heavy atom. The van der Waals surface area contributed by atoms with Gasteiger partial charge in [0.1, 0.15) is 23.9 Å². The molecule has 3 aromatic rings. The molecule has 0 aliphatic heterocycles. The fourth-order valence-corrected chi connectivity index (χ4v) is 2.70. The standard InChI is InChI=1S/C20H22ClN3O4/c1-24(10-11-27-15-6-4-14(21)5-7-15)13-19-22-20(23-28-19)17-9-8-16(25-2)12-18(17)26-3/h4-9,12H,10-11,13H2,1-3H3. The molecule has 0 aliphatic rings. The van der Waals surface area contributed by atoms with E-state index < -0.39 is 0 Å². The van der Waals surface area contributed by atoms with Crippen LogP contribution in [0.15, 0.2) is 47.0 Å². The van der Waals surface area contributed by atoms with Gasteiger partial charge in [-0.15, -0.1) is 0 Å². The van der Waals surface area contributed by atoms with Gasteiger partial charge in [-0.1, -0.05) is 16.8 Å². The summed E-state index contributed by atoms with van der Waals surface area (Å²) in [7, 11) is 5.16. The van der Waals surface area contributed by atoms with Crippen LogP contribution in [0.4, 0.5) is 0 Å². The number of aromatic nitrogens is 2. The SMILES string of the molecule is COc1ccc(-c2noc(CN(C)CCOc3ccc(Cl)cc3)n2)c(OC)c1.